The van der Waals surface area contributed by atoms with Gasteiger partial charge in [0.15, 0.2) is 0 Å². The standard InChI is InChI=1S/C15H16N4O2/c1-10-5-6-12(4-3-7-20)13(8-10)15(21)18-11(2)14-16-9-17-19-14/h5-6,8-9,11,20H,7H2,1-2H3,(H,18,21)(H,16,17,19). The molecular formula is C15H16N4O2. The Hall–Kier alpha value is -2.65. The molecule has 1 amide bonds. The maximum atomic E-state index is 12.4. The van der Waals surface area contributed by atoms with Crippen LogP contribution in [-0.2, 0) is 0 Å². The molecule has 0 bridgehead atoms. The molecule has 3 N–H and O–H groups in total. The highest BCUT2D eigenvalue weighted by Gasteiger charge is 2.16. The number of aryl methyl sites for hydroxylation is 1. The maximum absolute atomic E-state index is 12.4. The van der Waals surface area contributed by atoms with Gasteiger partial charge >= 0.3 is 0 Å². The fourth-order valence-corrected chi connectivity index (χ4v) is 1.86. The average molecular weight is 284 g/mol. The average Bonchev–Trinajstić information content (AvgIpc) is 3.00. The molecule has 1 aromatic heterocycles. The molecule has 1 aromatic carbocycles. The smallest absolute Gasteiger partial charge is 0.253 e. The van der Waals surface area contributed by atoms with Crippen molar-refractivity contribution in [3.63, 3.8) is 0 Å². The first-order valence-electron chi connectivity index (χ1n) is 6.48. The van der Waals surface area contributed by atoms with E-state index in [9.17, 15) is 4.79 Å². The van der Waals surface area contributed by atoms with Gasteiger partial charge in [-0.05, 0) is 26.0 Å². The topological polar surface area (TPSA) is 90.9 Å². The SMILES string of the molecule is Cc1ccc(C#CCO)c(C(=O)NC(C)c2ncn[nH]2)c1. The minimum Gasteiger partial charge on any atom is -0.384 e. The molecule has 108 valence electrons. The van der Waals surface area contributed by atoms with E-state index in [0.29, 0.717) is 17.0 Å². The second kappa shape index (κ2) is 6.68. The van der Waals surface area contributed by atoms with E-state index >= 15 is 0 Å². The lowest BCUT2D eigenvalue weighted by Crippen LogP contribution is -2.28. The van der Waals surface area contributed by atoms with E-state index in [1.165, 1.54) is 6.33 Å². The summed E-state index contributed by atoms with van der Waals surface area (Å²) < 4.78 is 0. The predicted octanol–water partition coefficient (Wildman–Crippen LogP) is 0.948. The number of amides is 1. The first-order valence-corrected chi connectivity index (χ1v) is 6.48. The Balaban J connectivity index is 2.24. The Morgan fingerprint density at radius 1 is 1.52 bits per heavy atom. The van der Waals surface area contributed by atoms with Crippen LogP contribution in [0.25, 0.3) is 0 Å². The molecule has 0 saturated carbocycles. The summed E-state index contributed by atoms with van der Waals surface area (Å²) in [5, 5.41) is 18.1. The number of nitrogens with zero attached hydrogens (tertiary/aromatic N) is 2. The highest BCUT2D eigenvalue weighted by atomic mass is 16.2. The van der Waals surface area contributed by atoms with Gasteiger partial charge < -0.3 is 10.4 Å². The summed E-state index contributed by atoms with van der Waals surface area (Å²) in [5.41, 5.74) is 2.02. The Bertz CT molecular complexity index is 683. The Labute approximate surface area is 122 Å². The van der Waals surface area contributed by atoms with E-state index in [4.69, 9.17) is 5.11 Å². The van der Waals surface area contributed by atoms with Crippen molar-refractivity contribution in [1.29, 1.82) is 0 Å². The van der Waals surface area contributed by atoms with Gasteiger partial charge in [-0.2, -0.15) is 5.10 Å². The lowest BCUT2D eigenvalue weighted by molar-refractivity contribution is 0.0938. The molecule has 0 aliphatic rings. The van der Waals surface area contributed by atoms with Gasteiger partial charge in [-0.15, -0.1) is 0 Å². The summed E-state index contributed by atoms with van der Waals surface area (Å²) >= 11 is 0. The van der Waals surface area contributed by atoms with Crippen LogP contribution in [0.3, 0.4) is 0 Å². The van der Waals surface area contributed by atoms with Crippen molar-refractivity contribution >= 4 is 5.91 Å². The van der Waals surface area contributed by atoms with Crippen molar-refractivity contribution in [2.45, 2.75) is 19.9 Å². The number of rotatable bonds is 3. The summed E-state index contributed by atoms with van der Waals surface area (Å²) in [6.45, 7) is 3.47. The number of aromatic nitrogens is 3. The minimum absolute atomic E-state index is 0.246. The summed E-state index contributed by atoms with van der Waals surface area (Å²) in [4.78, 5) is 16.4. The third-order valence-corrected chi connectivity index (χ3v) is 2.91. The molecule has 2 rings (SSSR count). The number of nitrogens with one attached hydrogen (secondary N) is 2. The van der Waals surface area contributed by atoms with Gasteiger partial charge in [-0.1, -0.05) is 23.5 Å². The van der Waals surface area contributed by atoms with Crippen molar-refractivity contribution in [3.05, 3.63) is 47.0 Å². The highest BCUT2D eigenvalue weighted by Crippen LogP contribution is 2.13. The first kappa shape index (κ1) is 14.8. The van der Waals surface area contributed by atoms with Crippen molar-refractivity contribution < 1.29 is 9.90 Å². The molecule has 0 spiro atoms. The van der Waals surface area contributed by atoms with Gasteiger partial charge in [-0.25, -0.2) is 4.98 Å². The van der Waals surface area contributed by atoms with Crippen molar-refractivity contribution in [2.75, 3.05) is 6.61 Å². The van der Waals surface area contributed by atoms with E-state index in [-0.39, 0.29) is 18.6 Å². The molecule has 2 aromatic rings. The van der Waals surface area contributed by atoms with E-state index in [2.05, 4.69) is 32.3 Å². The number of carbonyl (C=O) groups excluding carboxylic acids is 1. The first-order chi connectivity index (χ1) is 10.1. The van der Waals surface area contributed by atoms with Crippen molar-refractivity contribution in [1.82, 2.24) is 20.5 Å². The third-order valence-electron chi connectivity index (χ3n) is 2.91. The largest absolute Gasteiger partial charge is 0.384 e. The lowest BCUT2D eigenvalue weighted by Gasteiger charge is -2.12. The molecule has 0 radical (unpaired) electrons. The molecule has 6 heteroatoms. The fourth-order valence-electron chi connectivity index (χ4n) is 1.86. The van der Waals surface area contributed by atoms with E-state index in [1.807, 2.05) is 19.9 Å². The van der Waals surface area contributed by atoms with Crippen molar-refractivity contribution in [2.24, 2.45) is 0 Å². The van der Waals surface area contributed by atoms with Gasteiger partial charge in [-0.3, -0.25) is 9.89 Å². The minimum atomic E-state index is -0.292. The molecule has 1 atom stereocenters. The summed E-state index contributed by atoms with van der Waals surface area (Å²) in [5.74, 6) is 5.68. The quantitative estimate of drug-likeness (QED) is 0.732. The van der Waals surface area contributed by atoms with Gasteiger partial charge in [0.1, 0.15) is 18.8 Å². The highest BCUT2D eigenvalue weighted by molar-refractivity contribution is 5.97. The zero-order valence-corrected chi connectivity index (χ0v) is 11.8. The van der Waals surface area contributed by atoms with E-state index < -0.39 is 0 Å². The van der Waals surface area contributed by atoms with Crippen LogP contribution in [-0.4, -0.2) is 32.8 Å². The molecule has 0 fully saturated rings. The zero-order chi connectivity index (χ0) is 15.2. The second-order valence-corrected chi connectivity index (χ2v) is 4.57. The van der Waals surface area contributed by atoms with Crippen LogP contribution in [0.15, 0.2) is 24.5 Å². The van der Waals surface area contributed by atoms with E-state index in [1.54, 1.807) is 12.1 Å². The molecule has 0 saturated heterocycles. The number of benzene rings is 1. The summed E-state index contributed by atoms with van der Waals surface area (Å²) in [7, 11) is 0. The lowest BCUT2D eigenvalue weighted by atomic mass is 10.0. The Kier molecular flexibility index (Phi) is 4.69. The Morgan fingerprint density at radius 2 is 2.33 bits per heavy atom. The van der Waals surface area contributed by atoms with Crippen LogP contribution in [0.4, 0.5) is 0 Å². The monoisotopic (exact) mass is 284 g/mol. The number of H-pyrrole nitrogens is 1. The van der Waals surface area contributed by atoms with Crippen LogP contribution >= 0.6 is 0 Å². The van der Waals surface area contributed by atoms with Gasteiger partial charge in [0.2, 0.25) is 0 Å². The van der Waals surface area contributed by atoms with Gasteiger partial charge in [0.05, 0.1) is 11.6 Å². The molecule has 1 unspecified atom stereocenters. The van der Waals surface area contributed by atoms with Crippen LogP contribution in [0, 0.1) is 18.8 Å². The van der Waals surface area contributed by atoms with Crippen molar-refractivity contribution in [3.8, 4) is 11.8 Å². The Morgan fingerprint density at radius 3 is 3.00 bits per heavy atom. The maximum Gasteiger partial charge on any atom is 0.253 e. The number of aliphatic hydroxyl groups is 1. The van der Waals surface area contributed by atoms with Gasteiger partial charge in [0.25, 0.3) is 5.91 Å². The molecule has 21 heavy (non-hydrogen) atoms. The summed E-state index contributed by atoms with van der Waals surface area (Å²) in [6.07, 6.45) is 1.39. The molecule has 6 nitrogen and oxygen atoms in total. The predicted molar refractivity (Wildman–Crippen MR) is 77.4 cm³/mol. The summed E-state index contributed by atoms with van der Waals surface area (Å²) in [6, 6.07) is 5.12. The number of carbonyl (C=O) groups is 1. The number of hydrogen-bond donors (Lipinski definition) is 3. The number of aliphatic hydroxyl groups excluding tert-OH is 1. The molecular weight excluding hydrogens is 268 g/mol. The van der Waals surface area contributed by atoms with Crippen LogP contribution in [0.1, 0.15) is 40.3 Å². The van der Waals surface area contributed by atoms with Crippen LogP contribution in [0.5, 0.6) is 0 Å². The third kappa shape index (κ3) is 3.68. The van der Waals surface area contributed by atoms with Crippen LogP contribution in [0.2, 0.25) is 0 Å². The van der Waals surface area contributed by atoms with E-state index in [0.717, 1.165) is 5.56 Å². The van der Waals surface area contributed by atoms with Crippen LogP contribution < -0.4 is 5.32 Å². The molecule has 0 aliphatic carbocycles. The zero-order valence-electron chi connectivity index (χ0n) is 11.8. The molecule has 1 heterocycles. The fraction of sp³-hybridized carbons (Fsp3) is 0.267. The number of aromatic amines is 1. The van der Waals surface area contributed by atoms with Gasteiger partial charge in [0, 0.05) is 5.56 Å². The molecule has 0 aliphatic heterocycles. The number of hydrogen-bond acceptors (Lipinski definition) is 4. The second-order valence-electron chi connectivity index (χ2n) is 4.57. The normalized spacial score (nSPS) is 11.4.